The van der Waals surface area contributed by atoms with Gasteiger partial charge in [-0.2, -0.15) is 0 Å². The summed E-state index contributed by atoms with van der Waals surface area (Å²) in [5.41, 5.74) is 3.10. The van der Waals surface area contributed by atoms with E-state index in [9.17, 15) is 12.8 Å². The van der Waals surface area contributed by atoms with Crippen LogP contribution in [0.15, 0.2) is 59.5 Å². The smallest absolute Gasteiger partial charge is 0.263 e. The van der Waals surface area contributed by atoms with Gasteiger partial charge in [0.15, 0.2) is 5.82 Å². The summed E-state index contributed by atoms with van der Waals surface area (Å²) < 4.78 is 41.4. The van der Waals surface area contributed by atoms with Gasteiger partial charge in [-0.25, -0.2) is 12.8 Å². The molecular formula is C22H23FN4O2S. The summed E-state index contributed by atoms with van der Waals surface area (Å²) in [5.74, 6) is -0.171. The molecule has 3 aromatic rings. The van der Waals surface area contributed by atoms with Crippen molar-refractivity contribution in [2.24, 2.45) is 0 Å². The van der Waals surface area contributed by atoms with Crippen LogP contribution in [0.1, 0.15) is 24.8 Å². The van der Waals surface area contributed by atoms with E-state index >= 15 is 0 Å². The van der Waals surface area contributed by atoms with Gasteiger partial charge in [0.2, 0.25) is 0 Å². The molecule has 0 bridgehead atoms. The van der Waals surface area contributed by atoms with Crippen LogP contribution in [0.3, 0.4) is 0 Å². The molecule has 0 radical (unpaired) electrons. The standard InChI is InChI=1S/C22H23FN4O2S/c1-16-5-8-18(9-6-16)30(28,29)26-22-12-11-20(24-25-22)19-10-7-17(23)15-21(19)27-13-3-2-4-14-27/h5-12,15H,2-4,13-14H2,1H3,(H,25,26). The predicted molar refractivity (Wildman–Crippen MR) is 115 cm³/mol. The van der Waals surface area contributed by atoms with Crippen LogP contribution in [0.5, 0.6) is 0 Å². The maximum Gasteiger partial charge on any atom is 0.263 e. The fourth-order valence-electron chi connectivity index (χ4n) is 3.56. The van der Waals surface area contributed by atoms with Crippen molar-refractivity contribution in [3.8, 4) is 11.3 Å². The molecule has 1 saturated heterocycles. The van der Waals surface area contributed by atoms with E-state index in [1.165, 1.54) is 18.6 Å². The quantitative estimate of drug-likeness (QED) is 0.655. The van der Waals surface area contributed by atoms with Crippen LogP contribution in [0.2, 0.25) is 0 Å². The Morgan fingerprint density at radius 2 is 1.67 bits per heavy atom. The highest BCUT2D eigenvalue weighted by Gasteiger charge is 2.18. The summed E-state index contributed by atoms with van der Waals surface area (Å²) in [7, 11) is -3.75. The van der Waals surface area contributed by atoms with E-state index in [0.29, 0.717) is 5.69 Å². The second-order valence-corrected chi connectivity index (χ2v) is 9.11. The fourth-order valence-corrected chi connectivity index (χ4v) is 4.56. The van der Waals surface area contributed by atoms with Crippen molar-refractivity contribution in [3.05, 3.63) is 66.0 Å². The van der Waals surface area contributed by atoms with Crippen molar-refractivity contribution in [1.82, 2.24) is 10.2 Å². The third kappa shape index (κ3) is 4.43. The zero-order chi connectivity index (χ0) is 21.1. The molecular weight excluding hydrogens is 403 g/mol. The van der Waals surface area contributed by atoms with E-state index in [0.717, 1.165) is 42.7 Å². The molecule has 1 aliphatic heterocycles. The number of rotatable bonds is 5. The van der Waals surface area contributed by atoms with Gasteiger partial charge in [0, 0.05) is 24.3 Å². The second-order valence-electron chi connectivity index (χ2n) is 7.43. The van der Waals surface area contributed by atoms with Crippen LogP contribution < -0.4 is 9.62 Å². The predicted octanol–water partition coefficient (Wildman–Crippen LogP) is 4.38. The number of aromatic nitrogens is 2. The Labute approximate surface area is 175 Å². The summed E-state index contributed by atoms with van der Waals surface area (Å²) in [6.45, 7) is 3.64. The normalized spacial score (nSPS) is 14.5. The molecule has 2 aromatic carbocycles. The SMILES string of the molecule is Cc1ccc(S(=O)(=O)Nc2ccc(-c3ccc(F)cc3N3CCCCC3)nn2)cc1. The molecule has 0 saturated carbocycles. The molecule has 6 nitrogen and oxygen atoms in total. The van der Waals surface area contributed by atoms with Gasteiger partial charge in [0.25, 0.3) is 10.0 Å². The van der Waals surface area contributed by atoms with Crippen LogP contribution in [0.4, 0.5) is 15.9 Å². The number of piperidine rings is 1. The number of nitrogens with zero attached hydrogens (tertiary/aromatic N) is 3. The molecule has 0 amide bonds. The third-order valence-electron chi connectivity index (χ3n) is 5.17. The highest BCUT2D eigenvalue weighted by molar-refractivity contribution is 7.92. The number of hydrogen-bond acceptors (Lipinski definition) is 5. The van der Waals surface area contributed by atoms with Crippen molar-refractivity contribution >= 4 is 21.5 Å². The van der Waals surface area contributed by atoms with Crippen LogP contribution in [-0.2, 0) is 10.0 Å². The van der Waals surface area contributed by atoms with E-state index in [-0.39, 0.29) is 16.5 Å². The molecule has 0 spiro atoms. The first-order valence-electron chi connectivity index (χ1n) is 9.90. The van der Waals surface area contributed by atoms with Crippen LogP contribution in [0, 0.1) is 12.7 Å². The topological polar surface area (TPSA) is 75.2 Å². The molecule has 1 fully saturated rings. The molecule has 1 aliphatic rings. The monoisotopic (exact) mass is 426 g/mol. The number of sulfonamides is 1. The van der Waals surface area contributed by atoms with E-state index in [1.54, 1.807) is 42.5 Å². The lowest BCUT2D eigenvalue weighted by molar-refractivity contribution is 0.574. The first-order chi connectivity index (χ1) is 14.4. The summed E-state index contributed by atoms with van der Waals surface area (Å²) >= 11 is 0. The lowest BCUT2D eigenvalue weighted by Gasteiger charge is -2.30. The Hall–Kier alpha value is -3.00. The first kappa shape index (κ1) is 20.3. The fraction of sp³-hybridized carbons (Fsp3) is 0.273. The molecule has 1 aromatic heterocycles. The van der Waals surface area contributed by atoms with Gasteiger partial charge in [-0.05, 0) is 68.7 Å². The summed E-state index contributed by atoms with van der Waals surface area (Å²) in [5, 5.41) is 8.24. The summed E-state index contributed by atoms with van der Waals surface area (Å²) in [6, 6.07) is 14.4. The number of nitrogens with one attached hydrogen (secondary N) is 1. The van der Waals surface area contributed by atoms with Crippen molar-refractivity contribution < 1.29 is 12.8 Å². The van der Waals surface area contributed by atoms with Gasteiger partial charge in [-0.3, -0.25) is 4.72 Å². The molecule has 0 atom stereocenters. The average Bonchev–Trinajstić information content (AvgIpc) is 2.75. The summed E-state index contributed by atoms with van der Waals surface area (Å²) in [4.78, 5) is 2.32. The highest BCUT2D eigenvalue weighted by Crippen LogP contribution is 2.32. The van der Waals surface area contributed by atoms with Crippen LogP contribution in [0.25, 0.3) is 11.3 Å². The second kappa shape index (κ2) is 8.39. The lowest BCUT2D eigenvalue weighted by Crippen LogP contribution is -2.30. The molecule has 30 heavy (non-hydrogen) atoms. The Morgan fingerprint density at radius 1 is 0.933 bits per heavy atom. The maximum atomic E-state index is 13.9. The highest BCUT2D eigenvalue weighted by atomic mass is 32.2. The molecule has 1 N–H and O–H groups in total. The number of aryl methyl sites for hydroxylation is 1. The van der Waals surface area contributed by atoms with Crippen molar-refractivity contribution in [3.63, 3.8) is 0 Å². The number of anilines is 2. The Bertz CT molecular complexity index is 1130. The zero-order valence-corrected chi connectivity index (χ0v) is 17.5. The maximum absolute atomic E-state index is 13.9. The minimum Gasteiger partial charge on any atom is -0.371 e. The van der Waals surface area contributed by atoms with E-state index < -0.39 is 10.0 Å². The van der Waals surface area contributed by atoms with Crippen molar-refractivity contribution in [2.75, 3.05) is 22.7 Å². The van der Waals surface area contributed by atoms with Crippen molar-refractivity contribution in [2.45, 2.75) is 31.1 Å². The lowest BCUT2D eigenvalue weighted by atomic mass is 10.0. The number of benzene rings is 2. The Morgan fingerprint density at radius 3 is 2.33 bits per heavy atom. The van der Waals surface area contributed by atoms with Gasteiger partial charge < -0.3 is 4.90 Å². The summed E-state index contributed by atoms with van der Waals surface area (Å²) in [6.07, 6.45) is 3.32. The Balaban J connectivity index is 1.59. The minimum absolute atomic E-state index is 0.126. The Kier molecular flexibility index (Phi) is 5.67. The van der Waals surface area contributed by atoms with E-state index in [4.69, 9.17) is 0 Å². The van der Waals surface area contributed by atoms with E-state index in [1.807, 2.05) is 6.92 Å². The van der Waals surface area contributed by atoms with E-state index in [2.05, 4.69) is 19.8 Å². The van der Waals surface area contributed by atoms with Gasteiger partial charge in [0.1, 0.15) is 5.82 Å². The van der Waals surface area contributed by atoms with Crippen LogP contribution >= 0.6 is 0 Å². The molecule has 0 aliphatic carbocycles. The van der Waals surface area contributed by atoms with Gasteiger partial charge >= 0.3 is 0 Å². The van der Waals surface area contributed by atoms with Gasteiger partial charge in [0.05, 0.1) is 10.6 Å². The first-order valence-corrected chi connectivity index (χ1v) is 11.4. The molecule has 2 heterocycles. The van der Waals surface area contributed by atoms with Gasteiger partial charge in [-0.1, -0.05) is 17.7 Å². The molecule has 8 heteroatoms. The number of hydrogen-bond donors (Lipinski definition) is 1. The van der Waals surface area contributed by atoms with Crippen LogP contribution in [-0.4, -0.2) is 31.7 Å². The average molecular weight is 427 g/mol. The zero-order valence-electron chi connectivity index (χ0n) is 16.7. The van der Waals surface area contributed by atoms with Gasteiger partial charge in [-0.15, -0.1) is 10.2 Å². The van der Waals surface area contributed by atoms with Crippen molar-refractivity contribution in [1.29, 1.82) is 0 Å². The third-order valence-corrected chi connectivity index (χ3v) is 6.54. The molecule has 0 unspecified atom stereocenters. The minimum atomic E-state index is -3.75. The molecule has 156 valence electrons. The number of halogens is 1. The largest absolute Gasteiger partial charge is 0.371 e. The molecule has 4 rings (SSSR count).